The Bertz CT molecular complexity index is 699. The van der Waals surface area contributed by atoms with Gasteiger partial charge in [-0.1, -0.05) is 35.5 Å². The number of rotatable bonds is 5. The fourth-order valence-electron chi connectivity index (χ4n) is 1.22. The second-order valence-corrected chi connectivity index (χ2v) is 5.41. The number of nitrogens with zero attached hydrogens (tertiary/aromatic N) is 1. The first-order valence-corrected chi connectivity index (χ1v) is 6.94. The summed E-state index contributed by atoms with van der Waals surface area (Å²) >= 11 is 0. The highest BCUT2D eigenvalue weighted by Gasteiger charge is 2.57. The van der Waals surface area contributed by atoms with Crippen LogP contribution in [0.4, 0.5) is 22.0 Å². The quantitative estimate of drug-likeness (QED) is 0.347. The summed E-state index contributed by atoms with van der Waals surface area (Å²) in [5.41, 5.74) is -2.50. The number of ether oxygens (including phenoxy) is 1. The first-order valence-electron chi connectivity index (χ1n) is 5.53. The number of hydrogen-bond donors (Lipinski definition) is 0. The van der Waals surface area contributed by atoms with Crippen molar-refractivity contribution in [2.24, 2.45) is 5.16 Å². The number of oxime groups is 1. The van der Waals surface area contributed by atoms with Gasteiger partial charge in [0.05, 0.1) is 7.11 Å². The van der Waals surface area contributed by atoms with Gasteiger partial charge in [-0.3, -0.25) is 4.28 Å². The summed E-state index contributed by atoms with van der Waals surface area (Å²) in [5.74, 6) is -2.53. The van der Waals surface area contributed by atoms with Gasteiger partial charge >= 0.3 is 27.5 Å². The first kappa shape index (κ1) is 18.8. The standard InChI is InChI=1S/C11H8F5NO5S/c1-21-9(18)11(15,16)23(19,20)22-17-8(10(12,13)14)7-5-3-2-4-6-7/h2-6H,1H3. The van der Waals surface area contributed by atoms with E-state index in [9.17, 15) is 35.2 Å². The molecule has 0 N–H and O–H groups in total. The summed E-state index contributed by atoms with van der Waals surface area (Å²) in [5, 5.41) is -2.99. The topological polar surface area (TPSA) is 82.0 Å². The maximum Gasteiger partial charge on any atom is 0.478 e. The third-order valence-electron chi connectivity index (χ3n) is 2.28. The van der Waals surface area contributed by atoms with Crippen molar-refractivity contribution in [1.82, 2.24) is 0 Å². The second-order valence-electron chi connectivity index (χ2n) is 3.84. The minimum absolute atomic E-state index is 0.458. The highest BCUT2D eigenvalue weighted by molar-refractivity contribution is 7.88. The molecule has 0 amide bonds. The zero-order valence-electron chi connectivity index (χ0n) is 11.2. The van der Waals surface area contributed by atoms with Crippen molar-refractivity contribution < 1.29 is 44.2 Å². The molecule has 12 heteroatoms. The van der Waals surface area contributed by atoms with E-state index in [0.717, 1.165) is 12.1 Å². The van der Waals surface area contributed by atoms with Crippen LogP contribution >= 0.6 is 0 Å². The van der Waals surface area contributed by atoms with Crippen molar-refractivity contribution >= 4 is 21.8 Å². The van der Waals surface area contributed by atoms with E-state index in [2.05, 4.69) is 14.2 Å². The van der Waals surface area contributed by atoms with E-state index in [-0.39, 0.29) is 0 Å². The van der Waals surface area contributed by atoms with E-state index < -0.39 is 38.8 Å². The molecule has 0 fully saturated rings. The van der Waals surface area contributed by atoms with Gasteiger partial charge in [-0.15, -0.1) is 0 Å². The number of methoxy groups -OCH3 is 1. The van der Waals surface area contributed by atoms with Gasteiger partial charge in [0, 0.05) is 5.56 Å². The average Bonchev–Trinajstić information content (AvgIpc) is 2.45. The van der Waals surface area contributed by atoms with Crippen molar-refractivity contribution in [3.8, 4) is 0 Å². The van der Waals surface area contributed by atoms with E-state index in [4.69, 9.17) is 0 Å². The van der Waals surface area contributed by atoms with Crippen molar-refractivity contribution in [2.45, 2.75) is 11.4 Å². The smallest absolute Gasteiger partial charge is 0.464 e. The molecule has 0 bridgehead atoms. The van der Waals surface area contributed by atoms with Crippen LogP contribution in [0.1, 0.15) is 5.56 Å². The number of benzene rings is 1. The Balaban J connectivity index is 3.24. The van der Waals surface area contributed by atoms with E-state index >= 15 is 0 Å². The molecule has 0 aliphatic heterocycles. The lowest BCUT2D eigenvalue weighted by Gasteiger charge is -2.13. The Labute approximate surface area is 126 Å². The fraction of sp³-hybridized carbons (Fsp3) is 0.273. The van der Waals surface area contributed by atoms with Crippen molar-refractivity contribution in [1.29, 1.82) is 0 Å². The van der Waals surface area contributed by atoms with Crippen LogP contribution in [-0.2, 0) is 23.9 Å². The largest absolute Gasteiger partial charge is 0.478 e. The molecule has 0 heterocycles. The molecule has 1 rings (SSSR count). The van der Waals surface area contributed by atoms with E-state index in [0.29, 0.717) is 7.11 Å². The Morgan fingerprint density at radius 2 is 1.61 bits per heavy atom. The molecule has 0 aliphatic rings. The summed E-state index contributed by atoms with van der Waals surface area (Å²) in [4.78, 5) is 10.7. The van der Waals surface area contributed by atoms with Crippen molar-refractivity contribution in [2.75, 3.05) is 7.11 Å². The molecule has 0 aromatic heterocycles. The molecule has 0 atom stereocenters. The van der Waals surface area contributed by atoms with Gasteiger partial charge in [-0.05, 0) is 0 Å². The molecule has 0 unspecified atom stereocenters. The fourth-order valence-corrected chi connectivity index (χ4v) is 1.77. The number of halogens is 5. The summed E-state index contributed by atoms with van der Waals surface area (Å²) in [7, 11) is -5.67. The Hall–Kier alpha value is -2.24. The van der Waals surface area contributed by atoms with E-state index in [1.165, 1.54) is 18.2 Å². The minimum Gasteiger partial charge on any atom is -0.464 e. The molecule has 6 nitrogen and oxygen atoms in total. The molecule has 0 saturated carbocycles. The van der Waals surface area contributed by atoms with Crippen LogP contribution in [0.2, 0.25) is 0 Å². The molecule has 1 aromatic carbocycles. The van der Waals surface area contributed by atoms with Crippen LogP contribution in [-0.4, -0.2) is 38.6 Å². The number of hydrogen-bond acceptors (Lipinski definition) is 6. The lowest BCUT2D eigenvalue weighted by molar-refractivity contribution is -0.158. The molecule has 128 valence electrons. The molecule has 1 aromatic rings. The van der Waals surface area contributed by atoms with E-state index in [1.807, 2.05) is 0 Å². The zero-order chi connectivity index (χ0) is 17.9. The highest BCUT2D eigenvalue weighted by Crippen LogP contribution is 2.27. The first-order chi connectivity index (χ1) is 10.4. The van der Waals surface area contributed by atoms with Gasteiger partial charge in [-0.25, -0.2) is 4.79 Å². The SMILES string of the molecule is COC(=O)C(F)(F)S(=O)(=O)ON=C(c1ccccc1)C(F)(F)F. The predicted octanol–water partition coefficient (Wildman–Crippen LogP) is 2.07. The highest BCUT2D eigenvalue weighted by atomic mass is 32.2. The van der Waals surface area contributed by atoms with Gasteiger partial charge in [0.2, 0.25) is 0 Å². The van der Waals surface area contributed by atoms with Crippen molar-refractivity contribution in [3.63, 3.8) is 0 Å². The second kappa shape index (κ2) is 6.48. The van der Waals surface area contributed by atoms with Crippen molar-refractivity contribution in [3.05, 3.63) is 35.9 Å². The molecule has 0 saturated heterocycles. The van der Waals surface area contributed by atoms with Crippen LogP contribution in [0, 0.1) is 0 Å². The third kappa shape index (κ3) is 4.15. The maximum atomic E-state index is 13.2. The van der Waals surface area contributed by atoms with Crippen LogP contribution in [0.25, 0.3) is 0 Å². The van der Waals surface area contributed by atoms with Gasteiger partial charge in [0.1, 0.15) is 0 Å². The molecular formula is C11H8F5NO5S. The van der Waals surface area contributed by atoms with Gasteiger partial charge in [-0.2, -0.15) is 30.4 Å². The van der Waals surface area contributed by atoms with Crippen LogP contribution < -0.4 is 0 Å². The Morgan fingerprint density at radius 1 is 1.09 bits per heavy atom. The average molecular weight is 361 g/mol. The number of esters is 1. The van der Waals surface area contributed by atoms with E-state index in [1.54, 1.807) is 0 Å². The number of alkyl halides is 5. The molecule has 23 heavy (non-hydrogen) atoms. The number of carbonyl (C=O) groups is 1. The monoisotopic (exact) mass is 361 g/mol. The van der Waals surface area contributed by atoms with Crippen LogP contribution in [0.15, 0.2) is 35.5 Å². The lowest BCUT2D eigenvalue weighted by Crippen LogP contribution is -2.39. The molecule has 0 radical (unpaired) electrons. The van der Waals surface area contributed by atoms with Gasteiger partial charge in [0.25, 0.3) is 0 Å². The minimum atomic E-state index is -6.13. The molecule has 0 aliphatic carbocycles. The Morgan fingerprint density at radius 3 is 2.04 bits per heavy atom. The zero-order valence-corrected chi connectivity index (χ0v) is 12.0. The summed E-state index contributed by atoms with van der Waals surface area (Å²) in [6, 6.07) is 5.52. The van der Waals surface area contributed by atoms with Gasteiger partial charge < -0.3 is 4.74 Å². The summed E-state index contributed by atoms with van der Waals surface area (Å²) in [6.07, 6.45) is -5.20. The predicted molar refractivity (Wildman–Crippen MR) is 66.0 cm³/mol. The maximum absolute atomic E-state index is 13.2. The van der Waals surface area contributed by atoms with Crippen LogP contribution in [0.5, 0.6) is 0 Å². The number of carbonyl (C=O) groups excluding carboxylic acids is 1. The Kier molecular flexibility index (Phi) is 5.30. The normalized spacial score (nSPS) is 13.6. The lowest BCUT2D eigenvalue weighted by atomic mass is 10.1. The summed E-state index contributed by atoms with van der Waals surface area (Å²) in [6.45, 7) is 0. The molecular weight excluding hydrogens is 353 g/mol. The third-order valence-corrected chi connectivity index (χ3v) is 3.34. The van der Waals surface area contributed by atoms with Gasteiger partial charge in [0.15, 0.2) is 5.71 Å². The van der Waals surface area contributed by atoms with Crippen LogP contribution in [0.3, 0.4) is 0 Å². The summed E-state index contributed by atoms with van der Waals surface area (Å²) < 4.78 is 94.1. The molecule has 0 spiro atoms.